The van der Waals surface area contributed by atoms with Gasteiger partial charge in [-0.1, -0.05) is 0 Å². The molecule has 0 radical (unpaired) electrons. The largest absolute Gasteiger partial charge is 0.480 e. The molecule has 0 aromatic rings. The highest BCUT2D eigenvalue weighted by atomic mass is 16.4. The van der Waals surface area contributed by atoms with Crippen molar-refractivity contribution in [3.05, 3.63) is 0 Å². The van der Waals surface area contributed by atoms with Crippen molar-refractivity contribution in [1.82, 2.24) is 15.5 Å². The Balaban J connectivity index is 2.76. The molecular weight excluding hydrogens is 254 g/mol. The third kappa shape index (κ3) is 3.34. The molecule has 0 aromatic carbocycles. The minimum absolute atomic E-state index is 0.0818. The Morgan fingerprint density at radius 1 is 1.53 bits per heavy atom. The maximum absolute atomic E-state index is 12.0. The van der Waals surface area contributed by atoms with Crippen LogP contribution in [0.15, 0.2) is 0 Å². The summed E-state index contributed by atoms with van der Waals surface area (Å²) in [7, 11) is 0. The van der Waals surface area contributed by atoms with Gasteiger partial charge in [0.25, 0.3) is 0 Å². The first kappa shape index (κ1) is 15.2. The molecule has 8 heteroatoms. The predicted octanol–water partition coefficient (Wildman–Crippen LogP) is -1.26. The van der Waals surface area contributed by atoms with E-state index in [-0.39, 0.29) is 18.9 Å². The van der Waals surface area contributed by atoms with Crippen molar-refractivity contribution in [2.45, 2.75) is 31.8 Å². The number of hydrogen-bond donors (Lipinski definition) is 4. The summed E-state index contributed by atoms with van der Waals surface area (Å²) >= 11 is 0. The van der Waals surface area contributed by atoms with E-state index in [1.54, 1.807) is 13.8 Å². The molecule has 1 heterocycles. The Labute approximate surface area is 110 Å². The van der Waals surface area contributed by atoms with E-state index in [1.807, 2.05) is 0 Å². The second-order valence-electron chi connectivity index (χ2n) is 4.82. The number of carbonyl (C=O) groups is 3. The number of rotatable bonds is 4. The molecule has 1 atom stereocenters. The van der Waals surface area contributed by atoms with Gasteiger partial charge in [0.2, 0.25) is 5.91 Å². The van der Waals surface area contributed by atoms with E-state index in [4.69, 9.17) is 10.2 Å². The van der Waals surface area contributed by atoms with Crippen molar-refractivity contribution < 1.29 is 24.6 Å². The second-order valence-corrected chi connectivity index (χ2v) is 4.82. The van der Waals surface area contributed by atoms with E-state index in [2.05, 4.69) is 10.6 Å². The summed E-state index contributed by atoms with van der Waals surface area (Å²) in [6.45, 7) is 3.45. The number of urea groups is 1. The molecule has 19 heavy (non-hydrogen) atoms. The molecule has 3 amide bonds. The number of hydrogen-bond acceptors (Lipinski definition) is 4. The zero-order valence-corrected chi connectivity index (χ0v) is 11.0. The van der Waals surface area contributed by atoms with Crippen molar-refractivity contribution in [2.24, 2.45) is 0 Å². The van der Waals surface area contributed by atoms with Crippen LogP contribution in [0, 0.1) is 0 Å². The quantitative estimate of drug-likeness (QED) is 0.510. The third-order valence-corrected chi connectivity index (χ3v) is 3.11. The molecule has 1 rings (SSSR count). The van der Waals surface area contributed by atoms with Crippen LogP contribution in [0.4, 0.5) is 4.79 Å². The fraction of sp³-hybridized carbons (Fsp3) is 0.727. The first-order valence-electron chi connectivity index (χ1n) is 6.00. The van der Waals surface area contributed by atoms with Crippen LogP contribution in [0.3, 0.4) is 0 Å². The van der Waals surface area contributed by atoms with Gasteiger partial charge in [0, 0.05) is 26.1 Å². The normalized spacial score (nSPS) is 19.5. The van der Waals surface area contributed by atoms with Crippen LogP contribution in [0.1, 0.15) is 20.3 Å². The predicted molar refractivity (Wildman–Crippen MR) is 65.5 cm³/mol. The highest BCUT2D eigenvalue weighted by molar-refractivity contribution is 5.92. The monoisotopic (exact) mass is 273 g/mol. The van der Waals surface area contributed by atoms with Crippen LogP contribution in [-0.4, -0.2) is 64.3 Å². The lowest BCUT2D eigenvalue weighted by Gasteiger charge is -2.41. The molecule has 4 N–H and O–H groups in total. The van der Waals surface area contributed by atoms with E-state index in [0.29, 0.717) is 13.1 Å². The van der Waals surface area contributed by atoms with Crippen LogP contribution < -0.4 is 10.6 Å². The lowest BCUT2D eigenvalue weighted by Crippen LogP contribution is -2.66. The maximum atomic E-state index is 12.0. The van der Waals surface area contributed by atoms with Crippen LogP contribution in [0.25, 0.3) is 0 Å². The lowest BCUT2D eigenvalue weighted by molar-refractivity contribution is -0.139. The number of aliphatic carboxylic acids is 1. The zero-order chi connectivity index (χ0) is 14.6. The summed E-state index contributed by atoms with van der Waals surface area (Å²) in [6, 6.07) is -1.79. The Hall–Kier alpha value is -1.83. The smallest absolute Gasteiger partial charge is 0.326 e. The van der Waals surface area contributed by atoms with Gasteiger partial charge in [-0.2, -0.15) is 0 Å². The SMILES string of the molecule is CC1(C)C(=O)NCCN1C(=O)N[C@H](CCO)C(=O)O. The van der Waals surface area contributed by atoms with Crippen LogP contribution in [0.2, 0.25) is 0 Å². The van der Waals surface area contributed by atoms with E-state index >= 15 is 0 Å². The molecule has 1 fully saturated rings. The lowest BCUT2D eigenvalue weighted by atomic mass is 9.99. The number of nitrogens with one attached hydrogen (secondary N) is 2. The summed E-state index contributed by atoms with van der Waals surface area (Å²) < 4.78 is 0. The first-order valence-corrected chi connectivity index (χ1v) is 6.00. The Morgan fingerprint density at radius 2 is 2.16 bits per heavy atom. The van der Waals surface area contributed by atoms with Gasteiger partial charge in [0.1, 0.15) is 11.6 Å². The number of aliphatic hydroxyl groups excluding tert-OH is 1. The van der Waals surface area contributed by atoms with Gasteiger partial charge in [-0.05, 0) is 13.8 Å². The molecule has 0 aromatic heterocycles. The summed E-state index contributed by atoms with van der Waals surface area (Å²) in [4.78, 5) is 35.9. The zero-order valence-electron chi connectivity index (χ0n) is 11.0. The number of carboxylic acid groups (broad SMARTS) is 1. The summed E-state index contributed by atoms with van der Waals surface area (Å²) in [5.74, 6) is -1.51. The Morgan fingerprint density at radius 3 is 2.68 bits per heavy atom. The standard InChI is InChI=1S/C11H19N3O5/c1-11(2)9(18)12-4-5-14(11)10(19)13-7(3-6-15)8(16)17/h7,15H,3-6H2,1-2H3,(H,12,18)(H,13,19)(H,16,17)/t7-/m1/s1. The van der Waals surface area contributed by atoms with Crippen LogP contribution in [-0.2, 0) is 9.59 Å². The van der Waals surface area contributed by atoms with E-state index < -0.39 is 23.6 Å². The summed E-state index contributed by atoms with van der Waals surface area (Å²) in [5.41, 5.74) is -1.04. The Kier molecular flexibility index (Phi) is 4.71. The first-order chi connectivity index (χ1) is 8.80. The molecule has 0 spiro atoms. The summed E-state index contributed by atoms with van der Waals surface area (Å²) in [5, 5.41) is 22.6. The van der Waals surface area contributed by atoms with Crippen molar-refractivity contribution >= 4 is 17.9 Å². The molecule has 8 nitrogen and oxygen atoms in total. The van der Waals surface area contributed by atoms with Crippen molar-refractivity contribution in [1.29, 1.82) is 0 Å². The molecule has 0 saturated carbocycles. The van der Waals surface area contributed by atoms with Crippen molar-refractivity contribution in [3.8, 4) is 0 Å². The van der Waals surface area contributed by atoms with Gasteiger partial charge >= 0.3 is 12.0 Å². The van der Waals surface area contributed by atoms with E-state index in [0.717, 1.165) is 0 Å². The average Bonchev–Trinajstić information content (AvgIpc) is 2.31. The van der Waals surface area contributed by atoms with Gasteiger partial charge in [0.15, 0.2) is 0 Å². The Bertz CT molecular complexity index is 383. The van der Waals surface area contributed by atoms with Crippen LogP contribution in [0.5, 0.6) is 0 Å². The van der Waals surface area contributed by atoms with Gasteiger partial charge in [-0.3, -0.25) is 4.79 Å². The molecule has 108 valence electrons. The van der Waals surface area contributed by atoms with Gasteiger partial charge in [-0.25, -0.2) is 9.59 Å². The molecule has 1 aliphatic heterocycles. The fourth-order valence-corrected chi connectivity index (χ4v) is 1.87. The number of nitrogens with zero attached hydrogens (tertiary/aromatic N) is 1. The molecule has 1 aliphatic rings. The molecule has 0 aliphatic carbocycles. The number of aliphatic hydroxyl groups is 1. The van der Waals surface area contributed by atoms with Crippen molar-refractivity contribution in [3.63, 3.8) is 0 Å². The third-order valence-electron chi connectivity index (χ3n) is 3.11. The number of piperazine rings is 1. The van der Waals surface area contributed by atoms with Gasteiger partial charge in [-0.15, -0.1) is 0 Å². The highest BCUT2D eigenvalue weighted by Crippen LogP contribution is 2.17. The van der Waals surface area contributed by atoms with Crippen molar-refractivity contribution in [2.75, 3.05) is 19.7 Å². The van der Waals surface area contributed by atoms with Crippen LogP contribution >= 0.6 is 0 Å². The van der Waals surface area contributed by atoms with Gasteiger partial charge in [0.05, 0.1) is 0 Å². The highest BCUT2D eigenvalue weighted by Gasteiger charge is 2.41. The second kappa shape index (κ2) is 5.87. The minimum Gasteiger partial charge on any atom is -0.480 e. The van der Waals surface area contributed by atoms with E-state index in [1.165, 1.54) is 4.90 Å². The molecule has 0 bridgehead atoms. The number of amides is 3. The van der Waals surface area contributed by atoms with Gasteiger partial charge < -0.3 is 25.7 Å². The molecular formula is C11H19N3O5. The summed E-state index contributed by atoms with van der Waals surface area (Å²) in [6.07, 6.45) is -0.0818. The maximum Gasteiger partial charge on any atom is 0.326 e. The number of carbonyl (C=O) groups excluding carboxylic acids is 2. The minimum atomic E-state index is -1.22. The topological polar surface area (TPSA) is 119 Å². The molecule has 1 saturated heterocycles. The van der Waals surface area contributed by atoms with E-state index in [9.17, 15) is 14.4 Å². The molecule has 0 unspecified atom stereocenters. The fourth-order valence-electron chi connectivity index (χ4n) is 1.87. The average molecular weight is 273 g/mol. The number of carboxylic acids is 1.